The van der Waals surface area contributed by atoms with Crippen molar-refractivity contribution < 1.29 is 9.53 Å². The molecule has 1 N–H and O–H groups in total. The number of carbonyl (C=O) groups is 1. The third kappa shape index (κ3) is 4.20. The molecule has 0 aromatic carbocycles. The first-order valence-electron chi connectivity index (χ1n) is 7.51. The van der Waals surface area contributed by atoms with Gasteiger partial charge in [-0.2, -0.15) is 4.98 Å². The largest absolute Gasteiger partial charge is 0.383 e. The average molecular weight is 337 g/mol. The maximum absolute atomic E-state index is 12.0. The summed E-state index contributed by atoms with van der Waals surface area (Å²) in [6.07, 6.45) is 2.97. The summed E-state index contributed by atoms with van der Waals surface area (Å²) in [6, 6.07) is 0.00903. The fraction of sp³-hybridized carbons (Fsp3) is 0.600. The zero-order valence-corrected chi connectivity index (χ0v) is 15.0. The predicted octanol–water partition coefficient (Wildman–Crippen LogP) is 1.55. The molecule has 1 unspecified atom stereocenters. The number of nitrogens with zero attached hydrogens (tertiary/aromatic N) is 4. The van der Waals surface area contributed by atoms with E-state index in [0.717, 1.165) is 17.0 Å². The Balaban J connectivity index is 2.12. The molecule has 2 aromatic rings. The van der Waals surface area contributed by atoms with E-state index in [4.69, 9.17) is 4.74 Å². The number of aryl methyl sites for hydroxylation is 2. The summed E-state index contributed by atoms with van der Waals surface area (Å²) in [7, 11) is 1.62. The second-order valence-electron chi connectivity index (χ2n) is 5.50. The van der Waals surface area contributed by atoms with Crippen LogP contribution < -0.4 is 5.32 Å². The molecular formula is C15H23N5O2S. The van der Waals surface area contributed by atoms with Crippen LogP contribution in [-0.4, -0.2) is 51.5 Å². The Morgan fingerprint density at radius 3 is 2.78 bits per heavy atom. The first kappa shape index (κ1) is 17.7. The first-order chi connectivity index (χ1) is 11.0. The number of fused-ring (bicyclic) bond motifs is 1. The highest BCUT2D eigenvalue weighted by Gasteiger charge is 2.15. The number of methoxy groups -OCH3 is 1. The number of rotatable bonds is 7. The summed E-state index contributed by atoms with van der Waals surface area (Å²) < 4.78 is 6.77. The van der Waals surface area contributed by atoms with Gasteiger partial charge in [0.15, 0.2) is 0 Å². The van der Waals surface area contributed by atoms with Gasteiger partial charge in [0.2, 0.25) is 11.1 Å². The van der Waals surface area contributed by atoms with Crippen molar-refractivity contribution in [3.05, 3.63) is 17.0 Å². The molecular weight excluding hydrogens is 314 g/mol. The highest BCUT2D eigenvalue weighted by molar-refractivity contribution is 7.98. The lowest BCUT2D eigenvalue weighted by Crippen LogP contribution is -2.35. The number of thioether (sulfide) groups is 1. The molecule has 0 fully saturated rings. The highest BCUT2D eigenvalue weighted by Crippen LogP contribution is 2.17. The Kier molecular flexibility index (Phi) is 5.95. The van der Waals surface area contributed by atoms with Crippen molar-refractivity contribution in [1.29, 1.82) is 0 Å². The summed E-state index contributed by atoms with van der Waals surface area (Å²) >= 11 is 1.49. The summed E-state index contributed by atoms with van der Waals surface area (Å²) in [5, 5.41) is 8.04. The lowest BCUT2D eigenvalue weighted by atomic mass is 10.1. The molecule has 0 bridgehead atoms. The molecule has 2 aromatic heterocycles. The topological polar surface area (TPSA) is 81.4 Å². The van der Waals surface area contributed by atoms with Crippen molar-refractivity contribution in [3.8, 4) is 0 Å². The van der Waals surface area contributed by atoms with Crippen LogP contribution >= 0.6 is 11.8 Å². The van der Waals surface area contributed by atoms with Gasteiger partial charge in [-0.1, -0.05) is 11.8 Å². The van der Waals surface area contributed by atoms with Crippen LogP contribution in [0.1, 0.15) is 30.3 Å². The number of hydrogen-bond acceptors (Lipinski definition) is 6. The molecule has 1 amide bonds. The SMILES string of the molecule is COCC(C)NC(=O)CCc1c(C)nc2nc(SC)nn2c1C. The maximum atomic E-state index is 12.0. The number of carbonyl (C=O) groups excluding carboxylic acids is 1. The van der Waals surface area contributed by atoms with Crippen molar-refractivity contribution >= 4 is 23.4 Å². The van der Waals surface area contributed by atoms with E-state index in [-0.39, 0.29) is 11.9 Å². The summed E-state index contributed by atoms with van der Waals surface area (Å²) in [4.78, 5) is 20.9. The van der Waals surface area contributed by atoms with Gasteiger partial charge in [-0.05, 0) is 39.0 Å². The molecule has 0 saturated carbocycles. The van der Waals surface area contributed by atoms with Crippen LogP contribution in [0.25, 0.3) is 5.78 Å². The number of ether oxygens (including phenoxy) is 1. The van der Waals surface area contributed by atoms with E-state index in [1.54, 1.807) is 11.6 Å². The molecule has 0 saturated heterocycles. The number of aromatic nitrogens is 4. The van der Waals surface area contributed by atoms with Gasteiger partial charge in [-0.3, -0.25) is 4.79 Å². The Hall–Kier alpha value is -1.67. The van der Waals surface area contributed by atoms with E-state index in [2.05, 4.69) is 20.4 Å². The van der Waals surface area contributed by atoms with E-state index >= 15 is 0 Å². The van der Waals surface area contributed by atoms with Crippen LogP contribution in [0.3, 0.4) is 0 Å². The molecule has 23 heavy (non-hydrogen) atoms. The molecule has 2 heterocycles. The molecule has 0 aliphatic heterocycles. The molecule has 126 valence electrons. The fourth-order valence-corrected chi connectivity index (χ4v) is 2.85. The first-order valence-corrected chi connectivity index (χ1v) is 8.73. The zero-order chi connectivity index (χ0) is 17.0. The molecule has 0 aliphatic rings. The Morgan fingerprint density at radius 2 is 2.13 bits per heavy atom. The van der Waals surface area contributed by atoms with E-state index in [9.17, 15) is 4.79 Å². The molecule has 0 radical (unpaired) electrons. The maximum Gasteiger partial charge on any atom is 0.253 e. The lowest BCUT2D eigenvalue weighted by Gasteiger charge is -2.14. The average Bonchev–Trinajstić information content (AvgIpc) is 2.90. The van der Waals surface area contributed by atoms with Crippen LogP contribution in [0, 0.1) is 13.8 Å². The van der Waals surface area contributed by atoms with E-state index < -0.39 is 0 Å². The summed E-state index contributed by atoms with van der Waals surface area (Å²) in [6.45, 7) is 6.36. The summed E-state index contributed by atoms with van der Waals surface area (Å²) in [5.41, 5.74) is 2.93. The molecule has 1 atom stereocenters. The van der Waals surface area contributed by atoms with Gasteiger partial charge in [0, 0.05) is 31.0 Å². The number of nitrogens with one attached hydrogen (secondary N) is 1. The van der Waals surface area contributed by atoms with Gasteiger partial charge in [-0.25, -0.2) is 9.50 Å². The zero-order valence-electron chi connectivity index (χ0n) is 14.2. The smallest absolute Gasteiger partial charge is 0.253 e. The van der Waals surface area contributed by atoms with E-state index in [1.807, 2.05) is 27.0 Å². The summed E-state index contributed by atoms with van der Waals surface area (Å²) in [5.74, 6) is 0.614. The van der Waals surface area contributed by atoms with Gasteiger partial charge >= 0.3 is 0 Å². The van der Waals surface area contributed by atoms with Gasteiger partial charge in [0.05, 0.1) is 6.61 Å². The van der Waals surface area contributed by atoms with Crippen molar-refractivity contribution in [3.63, 3.8) is 0 Å². The molecule has 2 rings (SSSR count). The van der Waals surface area contributed by atoms with Crippen molar-refractivity contribution in [2.75, 3.05) is 20.0 Å². The number of hydrogen-bond donors (Lipinski definition) is 1. The van der Waals surface area contributed by atoms with Crippen LogP contribution in [0.5, 0.6) is 0 Å². The normalized spacial score (nSPS) is 12.6. The van der Waals surface area contributed by atoms with Crippen molar-refractivity contribution in [2.24, 2.45) is 0 Å². The Bertz CT molecular complexity index is 701. The standard InChI is InChI=1S/C15H23N5O2S/c1-9(8-22-4)16-13(21)7-6-12-10(2)17-14-18-15(23-5)19-20(14)11(12)3/h9H,6-8H2,1-5H3,(H,16,21). The third-order valence-electron chi connectivity index (χ3n) is 3.64. The lowest BCUT2D eigenvalue weighted by molar-refractivity contribution is -0.122. The van der Waals surface area contributed by atoms with E-state index in [1.165, 1.54) is 11.8 Å². The second kappa shape index (κ2) is 7.74. The van der Waals surface area contributed by atoms with Crippen LogP contribution in [0.2, 0.25) is 0 Å². The molecule has 0 aliphatic carbocycles. The van der Waals surface area contributed by atoms with Gasteiger partial charge in [-0.15, -0.1) is 5.10 Å². The Labute approximate surface area is 140 Å². The molecule has 8 heteroatoms. The van der Waals surface area contributed by atoms with Crippen LogP contribution in [-0.2, 0) is 16.0 Å². The quantitative estimate of drug-likeness (QED) is 0.772. The molecule has 7 nitrogen and oxygen atoms in total. The third-order valence-corrected chi connectivity index (χ3v) is 4.18. The van der Waals surface area contributed by atoms with Crippen molar-refractivity contribution in [1.82, 2.24) is 24.9 Å². The highest BCUT2D eigenvalue weighted by atomic mass is 32.2. The predicted molar refractivity (Wildman–Crippen MR) is 89.8 cm³/mol. The number of amides is 1. The minimum absolute atomic E-state index is 0.00903. The minimum atomic E-state index is 0.00903. The minimum Gasteiger partial charge on any atom is -0.383 e. The van der Waals surface area contributed by atoms with Gasteiger partial charge in [0.25, 0.3) is 5.78 Å². The van der Waals surface area contributed by atoms with E-state index in [0.29, 0.717) is 30.4 Å². The van der Waals surface area contributed by atoms with Crippen LogP contribution in [0.15, 0.2) is 5.16 Å². The van der Waals surface area contributed by atoms with Gasteiger partial charge in [0.1, 0.15) is 0 Å². The Morgan fingerprint density at radius 1 is 1.39 bits per heavy atom. The molecule has 0 spiro atoms. The fourth-order valence-electron chi connectivity index (χ4n) is 2.52. The monoisotopic (exact) mass is 337 g/mol. The second-order valence-corrected chi connectivity index (χ2v) is 6.27. The van der Waals surface area contributed by atoms with Crippen LogP contribution in [0.4, 0.5) is 0 Å². The van der Waals surface area contributed by atoms with Gasteiger partial charge < -0.3 is 10.1 Å². The van der Waals surface area contributed by atoms with Crippen molar-refractivity contribution in [2.45, 2.75) is 44.8 Å².